The number of amides is 2. The zero-order valence-electron chi connectivity index (χ0n) is 11.1. The summed E-state index contributed by atoms with van der Waals surface area (Å²) in [5.41, 5.74) is 5.46. The van der Waals surface area contributed by atoms with Gasteiger partial charge in [-0.3, -0.25) is 9.59 Å². The number of rotatable bonds is 6. The van der Waals surface area contributed by atoms with Crippen molar-refractivity contribution in [2.24, 2.45) is 5.73 Å². The van der Waals surface area contributed by atoms with E-state index >= 15 is 0 Å². The summed E-state index contributed by atoms with van der Waals surface area (Å²) >= 11 is 0. The Hall–Kier alpha value is -0.850. The van der Waals surface area contributed by atoms with Crippen LogP contribution in [0.1, 0.15) is 25.7 Å². The molecule has 110 valence electrons. The fourth-order valence-electron chi connectivity index (χ4n) is 2.32. The fourth-order valence-corrected chi connectivity index (χ4v) is 2.32. The van der Waals surface area contributed by atoms with Crippen LogP contribution in [0.25, 0.3) is 0 Å². The number of carbonyl (C=O) groups is 2. The van der Waals surface area contributed by atoms with E-state index in [1.165, 1.54) is 0 Å². The van der Waals surface area contributed by atoms with Crippen molar-refractivity contribution < 1.29 is 14.3 Å². The predicted molar refractivity (Wildman–Crippen MR) is 73.0 cm³/mol. The van der Waals surface area contributed by atoms with Gasteiger partial charge in [-0.15, -0.1) is 12.4 Å². The van der Waals surface area contributed by atoms with Gasteiger partial charge in [0.05, 0.1) is 18.6 Å². The standard InChI is InChI=1S/C12H21N3O3.ClH/c1-18-10(6-13)5-11(16)14-8-4-12(17)15(7-8)9-2-3-9;/h8-10H,2-7,13H2,1H3,(H,14,16);1H. The molecule has 1 heterocycles. The summed E-state index contributed by atoms with van der Waals surface area (Å²) in [6, 6.07) is 0.371. The lowest BCUT2D eigenvalue weighted by molar-refractivity contribution is -0.128. The van der Waals surface area contributed by atoms with E-state index in [4.69, 9.17) is 10.5 Å². The molecule has 19 heavy (non-hydrogen) atoms. The number of hydrogen-bond acceptors (Lipinski definition) is 4. The highest BCUT2D eigenvalue weighted by atomic mass is 35.5. The van der Waals surface area contributed by atoms with E-state index in [0.29, 0.717) is 25.6 Å². The molecule has 0 aromatic carbocycles. The van der Waals surface area contributed by atoms with Gasteiger partial charge in [-0.2, -0.15) is 0 Å². The normalized spacial score (nSPS) is 24.0. The maximum Gasteiger partial charge on any atom is 0.225 e. The molecule has 2 rings (SSSR count). The average Bonchev–Trinajstić information content (AvgIpc) is 3.11. The third-order valence-corrected chi connectivity index (χ3v) is 3.52. The average molecular weight is 292 g/mol. The molecule has 6 nitrogen and oxygen atoms in total. The first-order valence-corrected chi connectivity index (χ1v) is 6.45. The molecule has 1 saturated heterocycles. The molecule has 2 aliphatic rings. The van der Waals surface area contributed by atoms with Gasteiger partial charge >= 0.3 is 0 Å². The molecule has 0 spiro atoms. The highest BCUT2D eigenvalue weighted by Crippen LogP contribution is 2.30. The topological polar surface area (TPSA) is 84.7 Å². The number of carbonyl (C=O) groups excluding carboxylic acids is 2. The molecule has 2 unspecified atom stereocenters. The van der Waals surface area contributed by atoms with E-state index in [9.17, 15) is 9.59 Å². The first-order chi connectivity index (χ1) is 8.63. The summed E-state index contributed by atoms with van der Waals surface area (Å²) in [4.78, 5) is 25.4. The van der Waals surface area contributed by atoms with Gasteiger partial charge < -0.3 is 20.7 Å². The number of nitrogens with two attached hydrogens (primary N) is 1. The Balaban J connectivity index is 0.00000180. The largest absolute Gasteiger partial charge is 0.380 e. The summed E-state index contributed by atoms with van der Waals surface area (Å²) < 4.78 is 5.06. The number of likely N-dealkylation sites (tertiary alicyclic amines) is 1. The third kappa shape index (κ3) is 4.33. The Morgan fingerprint density at radius 3 is 2.79 bits per heavy atom. The Labute approximate surface area is 119 Å². The number of hydrogen-bond donors (Lipinski definition) is 2. The number of nitrogens with one attached hydrogen (secondary N) is 1. The monoisotopic (exact) mass is 291 g/mol. The van der Waals surface area contributed by atoms with Gasteiger partial charge in [0.15, 0.2) is 0 Å². The molecular formula is C12H22ClN3O3. The first kappa shape index (κ1) is 16.2. The number of ether oxygens (including phenoxy) is 1. The minimum Gasteiger partial charge on any atom is -0.380 e. The molecule has 1 aliphatic carbocycles. The smallest absolute Gasteiger partial charge is 0.225 e. The van der Waals surface area contributed by atoms with Gasteiger partial charge in [0.25, 0.3) is 0 Å². The van der Waals surface area contributed by atoms with E-state index < -0.39 is 0 Å². The maximum absolute atomic E-state index is 11.7. The molecular weight excluding hydrogens is 270 g/mol. The Kier molecular flexibility index (Phi) is 6.03. The molecule has 2 amide bonds. The molecule has 1 saturated carbocycles. The van der Waals surface area contributed by atoms with Gasteiger partial charge in [-0.25, -0.2) is 0 Å². The van der Waals surface area contributed by atoms with E-state index in [2.05, 4.69) is 5.32 Å². The SMILES string of the molecule is COC(CN)CC(=O)NC1CC(=O)N(C2CC2)C1.Cl. The van der Waals surface area contributed by atoms with Crippen LogP contribution in [-0.2, 0) is 14.3 Å². The summed E-state index contributed by atoms with van der Waals surface area (Å²) in [5.74, 6) is 0.0627. The van der Waals surface area contributed by atoms with E-state index in [1.54, 1.807) is 7.11 Å². The van der Waals surface area contributed by atoms with Crippen molar-refractivity contribution in [1.29, 1.82) is 0 Å². The van der Waals surface area contributed by atoms with Crippen molar-refractivity contribution in [3.63, 3.8) is 0 Å². The Morgan fingerprint density at radius 1 is 1.58 bits per heavy atom. The van der Waals surface area contributed by atoms with E-state index in [0.717, 1.165) is 12.8 Å². The molecule has 0 aromatic rings. The molecule has 1 aliphatic heterocycles. The van der Waals surface area contributed by atoms with Gasteiger partial charge in [0, 0.05) is 32.7 Å². The summed E-state index contributed by atoms with van der Waals surface area (Å²) in [6.07, 6.45) is 2.63. The van der Waals surface area contributed by atoms with Crippen LogP contribution in [-0.4, -0.2) is 55.1 Å². The maximum atomic E-state index is 11.7. The molecule has 0 aromatic heterocycles. The fraction of sp³-hybridized carbons (Fsp3) is 0.833. The highest BCUT2D eigenvalue weighted by Gasteiger charge is 2.39. The Morgan fingerprint density at radius 2 is 2.26 bits per heavy atom. The second-order valence-corrected chi connectivity index (χ2v) is 5.04. The summed E-state index contributed by atoms with van der Waals surface area (Å²) in [7, 11) is 1.54. The molecule has 3 N–H and O–H groups in total. The van der Waals surface area contributed by atoms with Crippen molar-refractivity contribution in [3.05, 3.63) is 0 Å². The lowest BCUT2D eigenvalue weighted by atomic mass is 10.2. The van der Waals surface area contributed by atoms with Crippen LogP contribution >= 0.6 is 12.4 Å². The van der Waals surface area contributed by atoms with Gasteiger partial charge in [0.2, 0.25) is 11.8 Å². The zero-order chi connectivity index (χ0) is 13.1. The van der Waals surface area contributed by atoms with Crippen molar-refractivity contribution in [3.8, 4) is 0 Å². The van der Waals surface area contributed by atoms with E-state index in [-0.39, 0.29) is 42.8 Å². The molecule has 0 bridgehead atoms. The van der Waals surface area contributed by atoms with Crippen LogP contribution in [0, 0.1) is 0 Å². The van der Waals surface area contributed by atoms with Crippen molar-refractivity contribution in [2.45, 2.75) is 43.9 Å². The summed E-state index contributed by atoms with van der Waals surface area (Å²) in [5, 5.41) is 2.88. The third-order valence-electron chi connectivity index (χ3n) is 3.52. The molecule has 0 radical (unpaired) electrons. The van der Waals surface area contributed by atoms with Crippen LogP contribution < -0.4 is 11.1 Å². The molecule has 2 atom stereocenters. The van der Waals surface area contributed by atoms with Crippen LogP contribution in [0.5, 0.6) is 0 Å². The number of nitrogens with zero attached hydrogens (tertiary/aromatic N) is 1. The van der Waals surface area contributed by atoms with Crippen LogP contribution in [0.15, 0.2) is 0 Å². The van der Waals surface area contributed by atoms with Gasteiger partial charge in [-0.1, -0.05) is 0 Å². The highest BCUT2D eigenvalue weighted by molar-refractivity contribution is 5.85. The van der Waals surface area contributed by atoms with Crippen molar-refractivity contribution >= 4 is 24.2 Å². The van der Waals surface area contributed by atoms with Crippen LogP contribution in [0.4, 0.5) is 0 Å². The predicted octanol–water partition coefficient (Wildman–Crippen LogP) is -0.348. The number of halogens is 1. The lowest BCUT2D eigenvalue weighted by Crippen LogP contribution is -2.40. The Bertz CT molecular complexity index is 332. The summed E-state index contributed by atoms with van der Waals surface area (Å²) in [6.45, 7) is 0.969. The first-order valence-electron chi connectivity index (χ1n) is 6.45. The zero-order valence-corrected chi connectivity index (χ0v) is 11.9. The quantitative estimate of drug-likeness (QED) is 0.701. The molecule has 7 heteroatoms. The van der Waals surface area contributed by atoms with E-state index in [1.807, 2.05) is 4.90 Å². The minimum absolute atomic E-state index is 0. The number of methoxy groups -OCH3 is 1. The minimum atomic E-state index is -0.248. The van der Waals surface area contributed by atoms with Crippen molar-refractivity contribution in [1.82, 2.24) is 10.2 Å². The second-order valence-electron chi connectivity index (χ2n) is 5.04. The second kappa shape index (κ2) is 7.07. The lowest BCUT2D eigenvalue weighted by Gasteiger charge is -2.17. The van der Waals surface area contributed by atoms with Crippen LogP contribution in [0.3, 0.4) is 0 Å². The molecule has 2 fully saturated rings. The van der Waals surface area contributed by atoms with Crippen molar-refractivity contribution in [2.75, 3.05) is 20.2 Å². The van der Waals surface area contributed by atoms with Gasteiger partial charge in [-0.05, 0) is 12.8 Å². The van der Waals surface area contributed by atoms with Gasteiger partial charge in [0.1, 0.15) is 0 Å². The van der Waals surface area contributed by atoms with Crippen LogP contribution in [0.2, 0.25) is 0 Å².